The number of rotatable bonds is 3. The van der Waals surface area contributed by atoms with Gasteiger partial charge >= 0.3 is 6.03 Å². The fourth-order valence-electron chi connectivity index (χ4n) is 3.50. The summed E-state index contributed by atoms with van der Waals surface area (Å²) in [5.74, 6) is -0.160. The number of aromatic nitrogens is 3. The van der Waals surface area contributed by atoms with Gasteiger partial charge in [-0.15, -0.1) is 0 Å². The summed E-state index contributed by atoms with van der Waals surface area (Å²) in [7, 11) is 0. The number of pyridine rings is 1. The van der Waals surface area contributed by atoms with Gasteiger partial charge in [-0.3, -0.25) is 9.89 Å². The van der Waals surface area contributed by atoms with Crippen LogP contribution in [-0.2, 0) is 11.3 Å². The van der Waals surface area contributed by atoms with Crippen LogP contribution >= 0.6 is 0 Å². The average Bonchev–Trinajstić information content (AvgIpc) is 3.10. The van der Waals surface area contributed by atoms with Crippen LogP contribution in [0.1, 0.15) is 25.8 Å². The van der Waals surface area contributed by atoms with Crippen molar-refractivity contribution in [2.24, 2.45) is 5.92 Å². The first-order chi connectivity index (χ1) is 13.6. The molecule has 8 heteroatoms. The molecule has 0 spiro atoms. The number of carbonyl (C=O) groups is 2. The van der Waals surface area contributed by atoms with E-state index < -0.39 is 6.04 Å². The molecule has 3 amide bonds. The zero-order chi connectivity index (χ0) is 19.7. The number of fused-ring (bicyclic) bond motifs is 2. The predicted molar refractivity (Wildman–Crippen MR) is 107 cm³/mol. The molecule has 1 aromatic carbocycles. The van der Waals surface area contributed by atoms with Crippen molar-refractivity contribution in [3.8, 4) is 0 Å². The van der Waals surface area contributed by atoms with Gasteiger partial charge < -0.3 is 15.5 Å². The summed E-state index contributed by atoms with van der Waals surface area (Å²) < 4.78 is 0. The molecule has 8 nitrogen and oxygen atoms in total. The number of nitrogens with zero attached hydrogens (tertiary/aromatic N) is 3. The molecular formula is C20H22N6O2. The zero-order valence-corrected chi connectivity index (χ0v) is 15.8. The number of nitrogens with one attached hydrogen (secondary N) is 3. The number of para-hydroxylation sites is 1. The number of aromatic amines is 1. The van der Waals surface area contributed by atoms with Gasteiger partial charge in [-0.05, 0) is 23.6 Å². The second-order valence-corrected chi connectivity index (χ2v) is 7.07. The highest BCUT2D eigenvalue weighted by Gasteiger charge is 2.36. The maximum absolute atomic E-state index is 13.2. The molecule has 2 atom stereocenters. The topological polar surface area (TPSA) is 103 Å². The maximum atomic E-state index is 13.2. The lowest BCUT2D eigenvalue weighted by atomic mass is 9.97. The second kappa shape index (κ2) is 7.30. The highest BCUT2D eigenvalue weighted by Crippen LogP contribution is 2.28. The second-order valence-electron chi connectivity index (χ2n) is 7.07. The van der Waals surface area contributed by atoms with Crippen LogP contribution in [0, 0.1) is 5.92 Å². The normalized spacial score (nSPS) is 17.6. The molecule has 4 rings (SSSR count). The van der Waals surface area contributed by atoms with Crippen molar-refractivity contribution in [3.63, 3.8) is 0 Å². The number of carbonyl (C=O) groups excluding carboxylic acids is 2. The third-order valence-electron chi connectivity index (χ3n) is 5.21. The summed E-state index contributed by atoms with van der Waals surface area (Å²) in [5.41, 5.74) is 2.86. The minimum absolute atomic E-state index is 0.00883. The fraction of sp³-hybridized carbons (Fsp3) is 0.300. The number of urea groups is 1. The molecule has 28 heavy (non-hydrogen) atoms. The Morgan fingerprint density at radius 3 is 3.00 bits per heavy atom. The number of hydrogen-bond donors (Lipinski definition) is 3. The third kappa shape index (κ3) is 3.28. The molecule has 0 radical (unpaired) electrons. The van der Waals surface area contributed by atoms with E-state index in [1.165, 1.54) is 0 Å². The molecule has 0 fully saturated rings. The van der Waals surface area contributed by atoms with Crippen LogP contribution in [0.3, 0.4) is 0 Å². The highest BCUT2D eigenvalue weighted by molar-refractivity contribution is 6.01. The summed E-state index contributed by atoms with van der Waals surface area (Å²) in [6.07, 6.45) is 4.00. The third-order valence-corrected chi connectivity index (χ3v) is 5.21. The summed E-state index contributed by atoms with van der Waals surface area (Å²) in [6.45, 7) is 4.35. The van der Waals surface area contributed by atoms with Gasteiger partial charge in [0.05, 0.1) is 24.6 Å². The molecule has 0 saturated carbocycles. The number of anilines is 2. The Morgan fingerprint density at radius 2 is 2.18 bits per heavy atom. The molecule has 1 aliphatic rings. The SMILES string of the molecule is CC[C@H](C)[C@H]1C(=O)Nc2ccccc2CN1C(=O)Nc1cnc2[nH]ncc2c1. The Bertz CT molecular complexity index is 1030. The molecule has 144 valence electrons. The fourth-order valence-corrected chi connectivity index (χ4v) is 3.50. The number of benzene rings is 1. The van der Waals surface area contributed by atoms with Crippen molar-refractivity contribution in [1.29, 1.82) is 0 Å². The monoisotopic (exact) mass is 378 g/mol. The van der Waals surface area contributed by atoms with Crippen molar-refractivity contribution in [1.82, 2.24) is 20.1 Å². The Morgan fingerprint density at radius 1 is 1.36 bits per heavy atom. The van der Waals surface area contributed by atoms with Gasteiger partial charge in [-0.1, -0.05) is 38.5 Å². The van der Waals surface area contributed by atoms with Crippen LogP contribution in [-0.4, -0.2) is 38.1 Å². The van der Waals surface area contributed by atoms with Crippen molar-refractivity contribution >= 4 is 34.3 Å². The van der Waals surface area contributed by atoms with E-state index in [9.17, 15) is 9.59 Å². The molecule has 1 aliphatic heterocycles. The predicted octanol–water partition coefficient (Wildman–Crippen LogP) is 3.36. The van der Waals surface area contributed by atoms with Crippen molar-refractivity contribution in [3.05, 3.63) is 48.3 Å². The van der Waals surface area contributed by atoms with Gasteiger partial charge in [0.2, 0.25) is 5.91 Å². The smallest absolute Gasteiger partial charge is 0.322 e. The standard InChI is InChI=1S/C20H22N6O2/c1-3-12(2)17-19(27)24-16-7-5-4-6-13(16)11-26(17)20(28)23-15-8-14-9-22-25-18(14)21-10-15/h4-10,12,17H,3,11H2,1-2H3,(H,23,28)(H,24,27)(H,21,22,25)/t12-,17-/m0/s1. The van der Waals surface area contributed by atoms with Crippen LogP contribution in [0.5, 0.6) is 0 Å². The van der Waals surface area contributed by atoms with E-state index in [-0.39, 0.29) is 17.9 Å². The number of hydrogen-bond acceptors (Lipinski definition) is 4. The molecule has 2 aromatic heterocycles. The minimum Gasteiger partial charge on any atom is -0.324 e. The summed E-state index contributed by atoms with van der Waals surface area (Å²) in [5, 5.41) is 13.4. The molecular weight excluding hydrogens is 356 g/mol. The van der Waals surface area contributed by atoms with Crippen LogP contribution in [0.25, 0.3) is 11.0 Å². The van der Waals surface area contributed by atoms with Gasteiger partial charge in [-0.25, -0.2) is 9.78 Å². The van der Waals surface area contributed by atoms with E-state index in [1.54, 1.807) is 23.4 Å². The molecule has 3 aromatic rings. The van der Waals surface area contributed by atoms with Gasteiger partial charge in [0, 0.05) is 11.1 Å². The zero-order valence-electron chi connectivity index (χ0n) is 15.8. The number of amides is 3. The van der Waals surface area contributed by atoms with Crippen LogP contribution in [0.4, 0.5) is 16.2 Å². The Labute approximate surface area is 162 Å². The summed E-state index contributed by atoms with van der Waals surface area (Å²) in [4.78, 5) is 31.9. The van der Waals surface area contributed by atoms with Gasteiger partial charge in [-0.2, -0.15) is 5.10 Å². The van der Waals surface area contributed by atoms with Crippen LogP contribution in [0.15, 0.2) is 42.7 Å². The lowest BCUT2D eigenvalue weighted by Crippen LogP contribution is -2.50. The van der Waals surface area contributed by atoms with Gasteiger partial charge in [0.1, 0.15) is 6.04 Å². The Hall–Kier alpha value is -3.42. The molecule has 0 bridgehead atoms. The first-order valence-electron chi connectivity index (χ1n) is 9.32. The van der Waals surface area contributed by atoms with E-state index in [4.69, 9.17) is 0 Å². The summed E-state index contributed by atoms with van der Waals surface area (Å²) in [6, 6.07) is 8.46. The van der Waals surface area contributed by atoms with E-state index >= 15 is 0 Å². The highest BCUT2D eigenvalue weighted by atomic mass is 16.2. The van der Waals surface area contributed by atoms with E-state index in [0.717, 1.165) is 23.1 Å². The van der Waals surface area contributed by atoms with Crippen molar-refractivity contribution in [2.45, 2.75) is 32.9 Å². The van der Waals surface area contributed by atoms with Crippen LogP contribution < -0.4 is 10.6 Å². The summed E-state index contributed by atoms with van der Waals surface area (Å²) >= 11 is 0. The number of H-pyrrole nitrogens is 1. The van der Waals surface area contributed by atoms with Crippen molar-refractivity contribution < 1.29 is 9.59 Å². The quantitative estimate of drug-likeness (QED) is 0.650. The Kier molecular flexibility index (Phi) is 4.68. The minimum atomic E-state index is -0.567. The van der Waals surface area contributed by atoms with E-state index in [0.29, 0.717) is 17.9 Å². The lowest BCUT2D eigenvalue weighted by molar-refractivity contribution is -0.121. The lowest BCUT2D eigenvalue weighted by Gasteiger charge is -2.32. The Balaban J connectivity index is 1.66. The first kappa shape index (κ1) is 18.0. The average molecular weight is 378 g/mol. The van der Waals surface area contributed by atoms with E-state index in [2.05, 4.69) is 25.8 Å². The molecule has 0 saturated heterocycles. The molecule has 0 aliphatic carbocycles. The first-order valence-corrected chi connectivity index (χ1v) is 9.32. The van der Waals surface area contributed by atoms with E-state index in [1.807, 2.05) is 38.1 Å². The molecule has 0 unspecified atom stereocenters. The largest absolute Gasteiger partial charge is 0.324 e. The van der Waals surface area contributed by atoms with Crippen LogP contribution in [0.2, 0.25) is 0 Å². The molecule has 3 heterocycles. The van der Waals surface area contributed by atoms with Gasteiger partial charge in [0.15, 0.2) is 5.65 Å². The molecule has 3 N–H and O–H groups in total. The van der Waals surface area contributed by atoms with Gasteiger partial charge in [0.25, 0.3) is 0 Å². The maximum Gasteiger partial charge on any atom is 0.322 e. The van der Waals surface area contributed by atoms with Crippen molar-refractivity contribution in [2.75, 3.05) is 10.6 Å².